The van der Waals surface area contributed by atoms with Gasteiger partial charge in [0.05, 0.1) is 4.92 Å². The van der Waals surface area contributed by atoms with E-state index in [1.807, 2.05) is 0 Å². The molecule has 1 aromatic heterocycles. The number of anilines is 1. The molecule has 0 atom stereocenters. The topological polar surface area (TPSA) is 105 Å². The standard InChI is InChI=1S/C10H12BrN3O4/c11-7-5-8(14(17)18)10(13-6-7)12-4-2-1-3-9(15)16/h5-6H,1-4H2,(H,12,13)(H,15,16). The summed E-state index contributed by atoms with van der Waals surface area (Å²) in [5.74, 6) is -0.652. The Morgan fingerprint density at radius 2 is 2.28 bits per heavy atom. The van der Waals surface area contributed by atoms with E-state index in [0.717, 1.165) is 0 Å². The SMILES string of the molecule is O=C(O)CCCCNc1ncc(Br)cc1[N+](=O)[O-]. The van der Waals surface area contributed by atoms with E-state index >= 15 is 0 Å². The fourth-order valence-electron chi connectivity index (χ4n) is 1.31. The Labute approximate surface area is 112 Å². The third kappa shape index (κ3) is 4.66. The number of nitro groups is 1. The van der Waals surface area contributed by atoms with Crippen LogP contribution < -0.4 is 5.32 Å². The van der Waals surface area contributed by atoms with Crippen LogP contribution in [-0.4, -0.2) is 27.5 Å². The molecule has 18 heavy (non-hydrogen) atoms. The summed E-state index contributed by atoms with van der Waals surface area (Å²) >= 11 is 3.11. The lowest BCUT2D eigenvalue weighted by Gasteiger charge is -2.05. The highest BCUT2D eigenvalue weighted by atomic mass is 79.9. The van der Waals surface area contributed by atoms with Crippen molar-refractivity contribution in [3.8, 4) is 0 Å². The molecule has 0 fully saturated rings. The number of hydrogen-bond donors (Lipinski definition) is 2. The summed E-state index contributed by atoms with van der Waals surface area (Å²) in [5.41, 5.74) is -0.109. The molecule has 0 bridgehead atoms. The molecule has 0 amide bonds. The minimum absolute atomic E-state index is 0.0948. The number of aliphatic carboxylic acids is 1. The Hall–Kier alpha value is -1.70. The van der Waals surface area contributed by atoms with E-state index in [1.54, 1.807) is 0 Å². The third-order valence-electron chi connectivity index (χ3n) is 2.14. The number of rotatable bonds is 7. The number of hydrogen-bond acceptors (Lipinski definition) is 5. The molecular weight excluding hydrogens is 306 g/mol. The number of aromatic nitrogens is 1. The van der Waals surface area contributed by atoms with Crippen LogP contribution in [0.5, 0.6) is 0 Å². The van der Waals surface area contributed by atoms with Crippen LogP contribution in [0.4, 0.5) is 11.5 Å². The van der Waals surface area contributed by atoms with Crippen LogP contribution in [0.25, 0.3) is 0 Å². The van der Waals surface area contributed by atoms with Gasteiger partial charge in [0.15, 0.2) is 0 Å². The summed E-state index contributed by atoms with van der Waals surface area (Å²) in [4.78, 5) is 24.5. The van der Waals surface area contributed by atoms with Crippen LogP contribution in [0.1, 0.15) is 19.3 Å². The fourth-order valence-corrected chi connectivity index (χ4v) is 1.63. The predicted octanol–water partition coefficient (Wildman–Crippen LogP) is 2.42. The average molecular weight is 318 g/mol. The average Bonchev–Trinajstić information content (AvgIpc) is 2.29. The second kappa shape index (κ2) is 6.90. The normalized spacial score (nSPS) is 10.1. The smallest absolute Gasteiger partial charge is 0.312 e. The lowest BCUT2D eigenvalue weighted by atomic mass is 10.2. The minimum atomic E-state index is -0.845. The number of nitrogens with one attached hydrogen (secondary N) is 1. The van der Waals surface area contributed by atoms with E-state index in [-0.39, 0.29) is 17.9 Å². The first-order valence-corrected chi connectivity index (χ1v) is 6.05. The van der Waals surface area contributed by atoms with Crippen molar-refractivity contribution in [2.24, 2.45) is 0 Å². The van der Waals surface area contributed by atoms with Crippen molar-refractivity contribution in [2.75, 3.05) is 11.9 Å². The van der Waals surface area contributed by atoms with Crippen LogP contribution in [0.2, 0.25) is 0 Å². The number of nitrogens with zero attached hydrogens (tertiary/aromatic N) is 2. The molecular formula is C10H12BrN3O4. The lowest BCUT2D eigenvalue weighted by molar-refractivity contribution is -0.384. The van der Waals surface area contributed by atoms with Gasteiger partial charge in [0.2, 0.25) is 5.82 Å². The molecule has 7 nitrogen and oxygen atoms in total. The molecule has 0 aliphatic carbocycles. The van der Waals surface area contributed by atoms with Gasteiger partial charge in [0.25, 0.3) is 0 Å². The maximum atomic E-state index is 10.8. The maximum Gasteiger partial charge on any atom is 0.312 e. The van der Waals surface area contributed by atoms with E-state index in [4.69, 9.17) is 5.11 Å². The van der Waals surface area contributed by atoms with E-state index in [0.29, 0.717) is 23.9 Å². The number of carbonyl (C=O) groups is 1. The van der Waals surface area contributed by atoms with Gasteiger partial charge >= 0.3 is 11.7 Å². The van der Waals surface area contributed by atoms with Gasteiger partial charge in [-0.1, -0.05) is 0 Å². The Bertz CT molecular complexity index is 453. The van der Waals surface area contributed by atoms with Gasteiger partial charge < -0.3 is 10.4 Å². The zero-order valence-corrected chi connectivity index (χ0v) is 11.0. The van der Waals surface area contributed by atoms with E-state index in [1.165, 1.54) is 12.3 Å². The summed E-state index contributed by atoms with van der Waals surface area (Å²) in [6, 6.07) is 1.37. The van der Waals surface area contributed by atoms with Crippen LogP contribution in [0.15, 0.2) is 16.7 Å². The molecule has 0 saturated carbocycles. The Morgan fingerprint density at radius 1 is 1.56 bits per heavy atom. The Morgan fingerprint density at radius 3 is 2.89 bits per heavy atom. The molecule has 0 spiro atoms. The van der Waals surface area contributed by atoms with Crippen molar-refractivity contribution in [1.29, 1.82) is 0 Å². The number of halogens is 1. The van der Waals surface area contributed by atoms with Gasteiger partial charge in [-0.2, -0.15) is 0 Å². The number of pyridine rings is 1. The summed E-state index contributed by atoms with van der Waals surface area (Å²) in [6.07, 6.45) is 2.69. The molecule has 8 heteroatoms. The van der Waals surface area contributed by atoms with Crippen LogP contribution in [-0.2, 0) is 4.79 Å². The largest absolute Gasteiger partial charge is 0.481 e. The van der Waals surface area contributed by atoms with Crippen LogP contribution in [0, 0.1) is 10.1 Å². The number of carboxylic acids is 1. The van der Waals surface area contributed by atoms with Crippen molar-refractivity contribution in [1.82, 2.24) is 4.98 Å². The predicted molar refractivity (Wildman–Crippen MR) is 68.6 cm³/mol. The van der Waals surface area contributed by atoms with E-state index in [9.17, 15) is 14.9 Å². The van der Waals surface area contributed by atoms with Crippen molar-refractivity contribution in [3.05, 3.63) is 26.9 Å². The number of unbranched alkanes of at least 4 members (excludes halogenated alkanes) is 1. The molecule has 0 unspecified atom stereocenters. The minimum Gasteiger partial charge on any atom is -0.481 e. The highest BCUT2D eigenvalue weighted by molar-refractivity contribution is 9.10. The third-order valence-corrected chi connectivity index (χ3v) is 2.57. The summed E-state index contributed by atoms with van der Waals surface area (Å²) in [6.45, 7) is 0.447. The van der Waals surface area contributed by atoms with Crippen molar-refractivity contribution >= 4 is 33.4 Å². The van der Waals surface area contributed by atoms with Gasteiger partial charge in [-0.05, 0) is 28.8 Å². The molecule has 1 heterocycles. The van der Waals surface area contributed by atoms with E-state index < -0.39 is 10.9 Å². The van der Waals surface area contributed by atoms with E-state index in [2.05, 4.69) is 26.2 Å². The Balaban J connectivity index is 2.51. The maximum absolute atomic E-state index is 10.8. The second-order valence-corrected chi connectivity index (χ2v) is 4.47. The molecule has 98 valence electrons. The second-order valence-electron chi connectivity index (χ2n) is 3.56. The van der Waals surface area contributed by atoms with Gasteiger partial charge in [-0.25, -0.2) is 4.98 Å². The Kier molecular flexibility index (Phi) is 5.50. The molecule has 1 aromatic rings. The summed E-state index contributed by atoms with van der Waals surface area (Å²) in [5, 5.41) is 22.1. The zero-order chi connectivity index (χ0) is 13.5. The first kappa shape index (κ1) is 14.4. The van der Waals surface area contributed by atoms with Crippen molar-refractivity contribution in [3.63, 3.8) is 0 Å². The quantitative estimate of drug-likeness (QED) is 0.454. The van der Waals surface area contributed by atoms with Gasteiger partial charge in [-0.15, -0.1) is 0 Å². The van der Waals surface area contributed by atoms with Crippen LogP contribution in [0.3, 0.4) is 0 Å². The molecule has 0 aliphatic rings. The molecule has 2 N–H and O–H groups in total. The number of carboxylic acid groups (broad SMARTS) is 1. The summed E-state index contributed by atoms with van der Waals surface area (Å²) < 4.78 is 0.533. The first-order valence-electron chi connectivity index (χ1n) is 5.26. The van der Waals surface area contributed by atoms with Crippen LogP contribution >= 0.6 is 15.9 Å². The summed E-state index contributed by atoms with van der Waals surface area (Å²) in [7, 11) is 0. The highest BCUT2D eigenvalue weighted by Crippen LogP contribution is 2.25. The fraction of sp³-hybridized carbons (Fsp3) is 0.400. The molecule has 0 radical (unpaired) electrons. The first-order chi connectivity index (χ1) is 8.50. The van der Waals surface area contributed by atoms with Gasteiger partial charge in [-0.3, -0.25) is 14.9 Å². The molecule has 0 aromatic carbocycles. The van der Waals surface area contributed by atoms with Gasteiger partial charge in [0, 0.05) is 29.7 Å². The van der Waals surface area contributed by atoms with Gasteiger partial charge in [0.1, 0.15) is 0 Å². The zero-order valence-electron chi connectivity index (χ0n) is 9.43. The monoisotopic (exact) mass is 317 g/mol. The van der Waals surface area contributed by atoms with Crippen molar-refractivity contribution < 1.29 is 14.8 Å². The van der Waals surface area contributed by atoms with Crippen molar-refractivity contribution in [2.45, 2.75) is 19.3 Å². The molecule has 1 rings (SSSR count). The molecule has 0 saturated heterocycles. The molecule has 0 aliphatic heterocycles. The lowest BCUT2D eigenvalue weighted by Crippen LogP contribution is -2.07. The highest BCUT2D eigenvalue weighted by Gasteiger charge is 2.15.